The lowest BCUT2D eigenvalue weighted by molar-refractivity contribution is -0.115. The van der Waals surface area contributed by atoms with Gasteiger partial charge in [0.1, 0.15) is 4.21 Å². The predicted molar refractivity (Wildman–Crippen MR) is 84.3 cm³/mol. The Balaban J connectivity index is 1.98. The molecule has 0 saturated carbocycles. The van der Waals surface area contributed by atoms with Crippen LogP contribution in [0.4, 0.5) is 5.69 Å². The van der Waals surface area contributed by atoms with Gasteiger partial charge in [0, 0.05) is 10.7 Å². The highest BCUT2D eigenvalue weighted by Crippen LogP contribution is 2.20. The quantitative estimate of drug-likeness (QED) is 0.875. The third-order valence-electron chi connectivity index (χ3n) is 2.66. The molecule has 112 valence electrons. The average Bonchev–Trinajstić information content (AvgIpc) is 2.96. The van der Waals surface area contributed by atoms with Gasteiger partial charge in [0.15, 0.2) is 0 Å². The standard InChI is InChI=1S/C13H13ClN2O3S2/c1-9-4-5-10(14)7-11(9)16-12(17)8-15-21(18,19)13-3-2-6-20-13/h2-7,15H,8H2,1H3,(H,16,17). The van der Waals surface area contributed by atoms with Gasteiger partial charge in [0.05, 0.1) is 6.54 Å². The van der Waals surface area contributed by atoms with E-state index in [2.05, 4.69) is 10.0 Å². The number of halogens is 1. The molecule has 1 amide bonds. The van der Waals surface area contributed by atoms with E-state index in [9.17, 15) is 13.2 Å². The summed E-state index contributed by atoms with van der Waals surface area (Å²) in [5, 5.41) is 4.77. The van der Waals surface area contributed by atoms with Crippen LogP contribution in [0.15, 0.2) is 39.9 Å². The van der Waals surface area contributed by atoms with Crippen molar-refractivity contribution in [1.82, 2.24) is 4.72 Å². The Kier molecular flexibility index (Phi) is 5.00. The van der Waals surface area contributed by atoms with Gasteiger partial charge in [-0.15, -0.1) is 11.3 Å². The van der Waals surface area contributed by atoms with Gasteiger partial charge in [-0.25, -0.2) is 13.1 Å². The molecule has 0 bridgehead atoms. The van der Waals surface area contributed by atoms with Crippen molar-refractivity contribution in [1.29, 1.82) is 0 Å². The van der Waals surface area contributed by atoms with Crippen molar-refractivity contribution in [2.24, 2.45) is 0 Å². The predicted octanol–water partition coefficient (Wildman–Crippen LogP) is 2.63. The molecule has 0 spiro atoms. The number of benzene rings is 1. The summed E-state index contributed by atoms with van der Waals surface area (Å²) < 4.78 is 26.2. The Hall–Kier alpha value is -1.41. The van der Waals surface area contributed by atoms with Crippen molar-refractivity contribution in [2.45, 2.75) is 11.1 Å². The van der Waals surface area contributed by atoms with E-state index < -0.39 is 15.9 Å². The number of nitrogens with one attached hydrogen (secondary N) is 2. The van der Waals surface area contributed by atoms with Crippen molar-refractivity contribution in [2.75, 3.05) is 11.9 Å². The van der Waals surface area contributed by atoms with Gasteiger partial charge < -0.3 is 5.32 Å². The zero-order valence-electron chi connectivity index (χ0n) is 11.1. The second kappa shape index (κ2) is 6.57. The summed E-state index contributed by atoms with van der Waals surface area (Å²) in [4.78, 5) is 11.8. The zero-order chi connectivity index (χ0) is 15.5. The number of aryl methyl sites for hydroxylation is 1. The highest BCUT2D eigenvalue weighted by Gasteiger charge is 2.16. The lowest BCUT2D eigenvalue weighted by Gasteiger charge is -2.09. The van der Waals surface area contributed by atoms with E-state index in [0.717, 1.165) is 16.9 Å². The number of hydrogen-bond donors (Lipinski definition) is 2. The van der Waals surface area contributed by atoms with E-state index in [4.69, 9.17) is 11.6 Å². The molecule has 2 N–H and O–H groups in total. The lowest BCUT2D eigenvalue weighted by Crippen LogP contribution is -2.32. The topological polar surface area (TPSA) is 75.3 Å². The molecule has 0 aliphatic rings. The van der Waals surface area contributed by atoms with E-state index in [1.165, 1.54) is 6.07 Å². The lowest BCUT2D eigenvalue weighted by atomic mass is 10.2. The van der Waals surface area contributed by atoms with Gasteiger partial charge in [-0.3, -0.25) is 4.79 Å². The maximum Gasteiger partial charge on any atom is 0.250 e. The molecule has 2 aromatic rings. The molecule has 1 aromatic heterocycles. The number of carbonyl (C=O) groups excluding carboxylic acids is 1. The first kappa shape index (κ1) is 16.0. The molecule has 2 rings (SSSR count). The maximum atomic E-state index is 11.9. The third kappa shape index (κ3) is 4.28. The molecule has 0 radical (unpaired) electrons. The second-order valence-electron chi connectivity index (χ2n) is 4.26. The van der Waals surface area contributed by atoms with Crippen LogP contribution in [0.3, 0.4) is 0 Å². The monoisotopic (exact) mass is 344 g/mol. The fraction of sp³-hybridized carbons (Fsp3) is 0.154. The first-order valence-electron chi connectivity index (χ1n) is 5.97. The van der Waals surface area contributed by atoms with E-state index in [0.29, 0.717) is 10.7 Å². The Bertz CT molecular complexity index is 743. The molecule has 1 aromatic carbocycles. The summed E-state index contributed by atoms with van der Waals surface area (Å²) >= 11 is 6.95. The number of rotatable bonds is 5. The van der Waals surface area contributed by atoms with Crippen molar-refractivity contribution in [3.8, 4) is 0 Å². The van der Waals surface area contributed by atoms with E-state index in [1.54, 1.807) is 29.6 Å². The normalized spacial score (nSPS) is 11.3. The van der Waals surface area contributed by atoms with E-state index >= 15 is 0 Å². The van der Waals surface area contributed by atoms with Crippen LogP contribution in [0.1, 0.15) is 5.56 Å². The van der Waals surface area contributed by atoms with Crippen LogP contribution in [-0.4, -0.2) is 20.9 Å². The minimum Gasteiger partial charge on any atom is -0.325 e. The fourth-order valence-electron chi connectivity index (χ4n) is 1.57. The summed E-state index contributed by atoms with van der Waals surface area (Å²) in [6.45, 7) is 1.48. The van der Waals surface area contributed by atoms with Crippen molar-refractivity contribution in [3.05, 3.63) is 46.3 Å². The summed E-state index contributed by atoms with van der Waals surface area (Å²) in [5.41, 5.74) is 1.40. The number of thiophene rings is 1. The van der Waals surface area contributed by atoms with Gasteiger partial charge in [-0.1, -0.05) is 23.7 Å². The van der Waals surface area contributed by atoms with Gasteiger partial charge in [0.2, 0.25) is 5.91 Å². The third-order valence-corrected chi connectivity index (χ3v) is 5.69. The van der Waals surface area contributed by atoms with Crippen molar-refractivity contribution < 1.29 is 13.2 Å². The largest absolute Gasteiger partial charge is 0.325 e. The molecular formula is C13H13ClN2O3S2. The highest BCUT2D eigenvalue weighted by atomic mass is 35.5. The fourth-order valence-corrected chi connectivity index (χ4v) is 3.76. The molecule has 0 unspecified atom stereocenters. The van der Waals surface area contributed by atoms with Gasteiger partial charge >= 0.3 is 0 Å². The average molecular weight is 345 g/mol. The summed E-state index contributed by atoms with van der Waals surface area (Å²) in [5.74, 6) is -0.458. The van der Waals surface area contributed by atoms with E-state index in [-0.39, 0.29) is 10.8 Å². The number of sulfonamides is 1. The highest BCUT2D eigenvalue weighted by molar-refractivity contribution is 7.91. The first-order chi connectivity index (χ1) is 9.88. The number of carbonyl (C=O) groups is 1. The molecule has 5 nitrogen and oxygen atoms in total. The molecule has 0 fully saturated rings. The Morgan fingerprint density at radius 2 is 2.10 bits per heavy atom. The van der Waals surface area contributed by atoms with Crippen LogP contribution in [0, 0.1) is 6.92 Å². The Morgan fingerprint density at radius 3 is 2.76 bits per heavy atom. The number of hydrogen-bond acceptors (Lipinski definition) is 4. The molecule has 0 atom stereocenters. The minimum absolute atomic E-state index is 0.175. The van der Waals surface area contributed by atoms with Crippen LogP contribution >= 0.6 is 22.9 Å². The van der Waals surface area contributed by atoms with Gasteiger partial charge in [-0.05, 0) is 36.1 Å². The molecular weight excluding hydrogens is 332 g/mol. The smallest absolute Gasteiger partial charge is 0.250 e. The zero-order valence-corrected chi connectivity index (χ0v) is 13.5. The maximum absolute atomic E-state index is 11.9. The van der Waals surface area contributed by atoms with Crippen LogP contribution in [0.25, 0.3) is 0 Å². The molecule has 0 saturated heterocycles. The number of amides is 1. The number of anilines is 1. The molecule has 8 heteroatoms. The molecule has 0 aliphatic heterocycles. The minimum atomic E-state index is -3.64. The van der Waals surface area contributed by atoms with Crippen LogP contribution in [-0.2, 0) is 14.8 Å². The van der Waals surface area contributed by atoms with E-state index in [1.807, 2.05) is 6.92 Å². The summed E-state index contributed by atoms with van der Waals surface area (Å²) in [6.07, 6.45) is 0. The first-order valence-corrected chi connectivity index (χ1v) is 8.72. The SMILES string of the molecule is Cc1ccc(Cl)cc1NC(=O)CNS(=O)(=O)c1cccs1. The van der Waals surface area contributed by atoms with Crippen molar-refractivity contribution in [3.63, 3.8) is 0 Å². The summed E-state index contributed by atoms with van der Waals surface area (Å²) in [6, 6.07) is 8.21. The van der Waals surface area contributed by atoms with Gasteiger partial charge in [-0.2, -0.15) is 0 Å². The Morgan fingerprint density at radius 1 is 1.33 bits per heavy atom. The van der Waals surface area contributed by atoms with Crippen LogP contribution in [0.5, 0.6) is 0 Å². The van der Waals surface area contributed by atoms with Crippen LogP contribution < -0.4 is 10.0 Å². The van der Waals surface area contributed by atoms with Crippen LogP contribution in [0.2, 0.25) is 5.02 Å². The molecule has 1 heterocycles. The van der Waals surface area contributed by atoms with Crippen molar-refractivity contribution >= 4 is 44.6 Å². The van der Waals surface area contributed by atoms with Gasteiger partial charge in [0.25, 0.3) is 10.0 Å². The molecule has 0 aliphatic carbocycles. The Labute approximate surface area is 132 Å². The summed E-state index contributed by atoms with van der Waals surface area (Å²) in [7, 11) is -3.64. The molecule has 21 heavy (non-hydrogen) atoms. The second-order valence-corrected chi connectivity index (χ2v) is 7.64.